The van der Waals surface area contributed by atoms with Crippen LogP contribution in [-0.4, -0.2) is 16.6 Å². The zero-order chi connectivity index (χ0) is 5.11. The molecule has 0 aliphatic carbocycles. The molecule has 1 heterocycles. The van der Waals surface area contributed by atoms with Gasteiger partial charge in [0.1, 0.15) is 5.00 Å². The van der Waals surface area contributed by atoms with Crippen LogP contribution in [0.5, 0.6) is 0 Å². The summed E-state index contributed by atoms with van der Waals surface area (Å²) in [5, 5.41) is 7.19. The highest BCUT2D eigenvalue weighted by molar-refractivity contribution is 7.09. The van der Waals surface area contributed by atoms with E-state index in [0.29, 0.717) is 0 Å². The largest absolute Gasteiger partial charge is 0.377 e. The zero-order valence-electron chi connectivity index (χ0n) is 3.80. The van der Waals surface area contributed by atoms with Crippen LogP contribution in [0.3, 0.4) is 0 Å². The van der Waals surface area contributed by atoms with Crippen LogP contribution in [0.2, 0.25) is 0 Å². The highest BCUT2D eigenvalue weighted by Crippen LogP contribution is 2.04. The molecule has 1 aromatic heterocycles. The first-order valence-corrected chi connectivity index (χ1v) is 2.58. The van der Waals surface area contributed by atoms with Gasteiger partial charge in [0.25, 0.3) is 0 Å². The number of anilines is 1. The number of hydrogen-bond acceptors (Lipinski definition) is 4. The van der Waals surface area contributed by atoms with Crippen LogP contribution in [0.15, 0.2) is 0 Å². The van der Waals surface area contributed by atoms with Crippen molar-refractivity contribution in [3.05, 3.63) is 6.20 Å². The average molecular weight is 114 g/mol. The molecule has 1 N–H and O–H groups in total. The molecule has 1 aromatic rings. The molecule has 0 spiro atoms. The molecule has 3 nitrogen and oxygen atoms in total. The molecule has 0 atom stereocenters. The molecule has 0 aromatic carbocycles. The average Bonchev–Trinajstić information content (AvgIpc) is 2.14. The Labute approximate surface area is 45.5 Å². The van der Waals surface area contributed by atoms with Crippen LogP contribution in [-0.2, 0) is 0 Å². The lowest BCUT2D eigenvalue weighted by molar-refractivity contribution is 1.15. The van der Waals surface area contributed by atoms with Gasteiger partial charge in [-0.05, 0) is 0 Å². The van der Waals surface area contributed by atoms with Crippen molar-refractivity contribution in [1.29, 1.82) is 0 Å². The van der Waals surface area contributed by atoms with E-state index in [2.05, 4.69) is 21.1 Å². The lowest BCUT2D eigenvalue weighted by Gasteiger charge is -1.81. The van der Waals surface area contributed by atoms with E-state index < -0.39 is 0 Å². The number of rotatable bonds is 1. The van der Waals surface area contributed by atoms with Gasteiger partial charge in [0.05, 0.1) is 0 Å². The highest BCUT2D eigenvalue weighted by Gasteiger charge is 1.86. The Bertz CT molecular complexity index is 125. The third-order valence-electron chi connectivity index (χ3n) is 0.552. The van der Waals surface area contributed by atoms with Gasteiger partial charge in [-0.15, -0.1) is 5.10 Å². The molecule has 7 heavy (non-hydrogen) atoms. The maximum absolute atomic E-state index is 3.57. The number of hydrogen-bond donors (Lipinski definition) is 1. The summed E-state index contributed by atoms with van der Waals surface area (Å²) in [6.07, 6.45) is 2.63. The zero-order valence-corrected chi connectivity index (χ0v) is 4.62. The molecular formula is C3H4N3S. The molecule has 0 unspecified atom stereocenters. The molecule has 1 radical (unpaired) electrons. The Balaban J connectivity index is 2.76. The summed E-state index contributed by atoms with van der Waals surface area (Å²) in [6, 6.07) is 0. The van der Waals surface area contributed by atoms with Gasteiger partial charge in [0.2, 0.25) is 0 Å². The predicted octanol–water partition coefficient (Wildman–Crippen LogP) is 0.380. The van der Waals surface area contributed by atoms with Crippen LogP contribution in [0.1, 0.15) is 0 Å². The first-order valence-electron chi connectivity index (χ1n) is 1.81. The van der Waals surface area contributed by atoms with E-state index in [1.54, 1.807) is 0 Å². The molecule has 0 saturated heterocycles. The predicted molar refractivity (Wildman–Crippen MR) is 28.3 cm³/mol. The smallest absolute Gasteiger partial charge is 0.152 e. The van der Waals surface area contributed by atoms with Crippen LogP contribution < -0.4 is 5.32 Å². The molecule has 0 aliphatic rings. The van der Waals surface area contributed by atoms with Crippen molar-refractivity contribution >= 4 is 16.5 Å². The van der Waals surface area contributed by atoms with E-state index in [9.17, 15) is 0 Å². The van der Waals surface area contributed by atoms with E-state index in [1.807, 2.05) is 7.05 Å². The summed E-state index contributed by atoms with van der Waals surface area (Å²) >= 11 is 1.30. The van der Waals surface area contributed by atoms with Gasteiger partial charge in [0.15, 0.2) is 6.20 Å². The van der Waals surface area contributed by atoms with E-state index in [1.165, 1.54) is 11.5 Å². The van der Waals surface area contributed by atoms with Gasteiger partial charge >= 0.3 is 0 Å². The Morgan fingerprint density at radius 2 is 2.71 bits per heavy atom. The molecule has 4 heteroatoms. The van der Waals surface area contributed by atoms with Crippen molar-refractivity contribution in [2.24, 2.45) is 0 Å². The summed E-state index contributed by atoms with van der Waals surface area (Å²) in [5.41, 5.74) is 0. The Morgan fingerprint density at radius 1 is 1.86 bits per heavy atom. The van der Waals surface area contributed by atoms with E-state index in [-0.39, 0.29) is 0 Å². The maximum atomic E-state index is 3.57. The summed E-state index contributed by atoms with van der Waals surface area (Å²) in [6.45, 7) is 0. The topological polar surface area (TPSA) is 37.8 Å². The minimum atomic E-state index is 0.875. The standard InChI is InChI=1S/C3H4N3S/c1-4-3-2-5-6-7-3/h4H,1H3. The monoisotopic (exact) mass is 114 g/mol. The van der Waals surface area contributed by atoms with Crippen molar-refractivity contribution in [2.75, 3.05) is 12.4 Å². The molecule has 0 saturated carbocycles. The van der Waals surface area contributed by atoms with Crippen molar-refractivity contribution in [3.8, 4) is 0 Å². The molecule has 37 valence electrons. The fraction of sp³-hybridized carbons (Fsp3) is 0.333. The SMILES string of the molecule is CNc1[c]nns1. The fourth-order valence-electron chi connectivity index (χ4n) is 0.249. The van der Waals surface area contributed by atoms with Crippen LogP contribution >= 0.6 is 11.5 Å². The lowest BCUT2D eigenvalue weighted by Crippen LogP contribution is -1.80. The molecule has 0 bridgehead atoms. The fourth-order valence-corrected chi connectivity index (χ4v) is 0.585. The lowest BCUT2D eigenvalue weighted by atomic mass is 10.8. The minimum absolute atomic E-state index is 0.875. The second kappa shape index (κ2) is 1.88. The number of nitrogens with zero attached hydrogens (tertiary/aromatic N) is 2. The van der Waals surface area contributed by atoms with E-state index in [0.717, 1.165) is 5.00 Å². The number of nitrogens with one attached hydrogen (secondary N) is 1. The van der Waals surface area contributed by atoms with Gasteiger partial charge in [-0.1, -0.05) is 4.49 Å². The van der Waals surface area contributed by atoms with Gasteiger partial charge in [-0.2, -0.15) is 0 Å². The van der Waals surface area contributed by atoms with Crippen molar-refractivity contribution in [1.82, 2.24) is 9.59 Å². The van der Waals surface area contributed by atoms with Crippen LogP contribution in [0.25, 0.3) is 0 Å². The normalized spacial score (nSPS) is 8.71. The summed E-state index contributed by atoms with van der Waals surface area (Å²) < 4.78 is 3.57. The second-order valence-corrected chi connectivity index (χ2v) is 1.72. The van der Waals surface area contributed by atoms with E-state index in [4.69, 9.17) is 0 Å². The quantitative estimate of drug-likeness (QED) is 0.573. The maximum Gasteiger partial charge on any atom is 0.152 e. The van der Waals surface area contributed by atoms with E-state index >= 15 is 0 Å². The highest BCUT2D eigenvalue weighted by atomic mass is 32.1. The third-order valence-corrected chi connectivity index (χ3v) is 1.19. The van der Waals surface area contributed by atoms with Crippen LogP contribution in [0, 0.1) is 6.20 Å². The van der Waals surface area contributed by atoms with Crippen molar-refractivity contribution in [2.45, 2.75) is 0 Å². The van der Waals surface area contributed by atoms with Gasteiger partial charge in [-0.25, -0.2) is 0 Å². The second-order valence-electron chi connectivity index (χ2n) is 0.964. The molecule has 0 amide bonds. The van der Waals surface area contributed by atoms with Gasteiger partial charge in [-0.3, -0.25) is 0 Å². The Morgan fingerprint density at radius 3 is 3.00 bits per heavy atom. The van der Waals surface area contributed by atoms with Crippen LogP contribution in [0.4, 0.5) is 5.00 Å². The van der Waals surface area contributed by atoms with Gasteiger partial charge < -0.3 is 5.32 Å². The Kier molecular flexibility index (Phi) is 1.21. The number of aromatic nitrogens is 2. The summed E-state index contributed by atoms with van der Waals surface area (Å²) in [5.74, 6) is 0. The van der Waals surface area contributed by atoms with Crippen molar-refractivity contribution < 1.29 is 0 Å². The first-order chi connectivity index (χ1) is 3.43. The molecule has 0 fully saturated rings. The molecule has 1 rings (SSSR count). The Hall–Kier alpha value is -0.640. The van der Waals surface area contributed by atoms with Crippen molar-refractivity contribution in [3.63, 3.8) is 0 Å². The summed E-state index contributed by atoms with van der Waals surface area (Å²) in [7, 11) is 1.81. The molecule has 0 aliphatic heterocycles. The first kappa shape index (κ1) is 4.52. The van der Waals surface area contributed by atoms with Gasteiger partial charge in [0, 0.05) is 18.6 Å². The minimum Gasteiger partial charge on any atom is -0.377 e. The molecular weight excluding hydrogens is 110 g/mol. The summed E-state index contributed by atoms with van der Waals surface area (Å²) in [4.78, 5) is 0. The third kappa shape index (κ3) is 0.866.